The molecule has 33 heavy (non-hydrogen) atoms. The van der Waals surface area contributed by atoms with Crippen LogP contribution in [0.2, 0.25) is 0 Å². The third-order valence-corrected chi connectivity index (χ3v) is 7.42. The van der Waals surface area contributed by atoms with Gasteiger partial charge in [0, 0.05) is 0 Å². The van der Waals surface area contributed by atoms with Crippen molar-refractivity contribution in [3.8, 4) is 0 Å². The molecule has 0 radical (unpaired) electrons. The van der Waals surface area contributed by atoms with Crippen LogP contribution in [0.25, 0.3) is 43.1 Å². The van der Waals surface area contributed by atoms with Gasteiger partial charge in [-0.1, -0.05) is 92.6 Å². The molecule has 0 aromatic heterocycles. The molecule has 0 saturated heterocycles. The first-order valence-electron chi connectivity index (χ1n) is 12.4. The van der Waals surface area contributed by atoms with Crippen LogP contribution in [-0.4, -0.2) is 0 Å². The van der Waals surface area contributed by atoms with E-state index < -0.39 is 0 Å². The number of rotatable bonds is 0. The number of aryl methyl sites for hydroxylation is 1. The summed E-state index contributed by atoms with van der Waals surface area (Å²) in [4.78, 5) is 0. The van der Waals surface area contributed by atoms with E-state index in [-0.39, 0.29) is 16.2 Å². The van der Waals surface area contributed by atoms with E-state index in [9.17, 15) is 0 Å². The smallest absolute Gasteiger partial charge is 0.00260 e. The largest absolute Gasteiger partial charge is 0.0561 e. The Bertz CT molecular complexity index is 1530. The minimum absolute atomic E-state index is 0.0941. The van der Waals surface area contributed by atoms with Crippen LogP contribution in [0.15, 0.2) is 48.5 Å². The predicted molar refractivity (Wildman–Crippen MR) is 148 cm³/mol. The second kappa shape index (κ2) is 6.72. The summed E-state index contributed by atoms with van der Waals surface area (Å²) in [6, 6.07) is 19.5. The standard InChI is InChI=1S/C33H38/c1-19-11-20-13-22(31(2,3)4)17-27-28-18-24(33(8,9)10)15-21-14-23(32(5,6)7)16-26(30(21)28)25(12-19)29(20)27/h11-18H,1-10H3. The van der Waals surface area contributed by atoms with E-state index in [1.54, 1.807) is 0 Å². The summed E-state index contributed by atoms with van der Waals surface area (Å²) in [7, 11) is 0. The highest BCUT2D eigenvalue weighted by molar-refractivity contribution is 6.33. The molecule has 0 heterocycles. The molecule has 0 unspecified atom stereocenters. The summed E-state index contributed by atoms with van der Waals surface area (Å²) >= 11 is 0. The van der Waals surface area contributed by atoms with E-state index in [4.69, 9.17) is 0 Å². The Kier molecular flexibility index (Phi) is 4.52. The normalized spacial score (nSPS) is 13.8. The molecule has 170 valence electrons. The third kappa shape index (κ3) is 3.50. The van der Waals surface area contributed by atoms with E-state index in [1.807, 2.05) is 0 Å². The lowest BCUT2D eigenvalue weighted by atomic mass is 9.78. The molecule has 0 N–H and O–H groups in total. The molecule has 5 aromatic carbocycles. The summed E-state index contributed by atoms with van der Waals surface area (Å²) in [6.45, 7) is 23.2. The molecule has 0 atom stereocenters. The molecule has 0 nitrogen and oxygen atoms in total. The van der Waals surface area contributed by atoms with E-state index in [2.05, 4.69) is 118 Å². The van der Waals surface area contributed by atoms with Crippen LogP contribution in [-0.2, 0) is 16.2 Å². The Hall–Kier alpha value is -2.60. The molecule has 0 saturated carbocycles. The average Bonchev–Trinajstić information content (AvgIpc) is 2.68. The van der Waals surface area contributed by atoms with Gasteiger partial charge in [-0.2, -0.15) is 0 Å². The Labute approximate surface area is 199 Å². The third-order valence-electron chi connectivity index (χ3n) is 7.42. The van der Waals surface area contributed by atoms with Crippen molar-refractivity contribution >= 4 is 43.1 Å². The minimum atomic E-state index is 0.0941. The summed E-state index contributed by atoms with van der Waals surface area (Å²) in [5, 5.41) is 11.2. The fourth-order valence-electron chi connectivity index (χ4n) is 5.33. The van der Waals surface area contributed by atoms with E-state index in [1.165, 1.54) is 65.3 Å². The quantitative estimate of drug-likeness (QED) is 0.168. The Morgan fingerprint density at radius 1 is 0.394 bits per heavy atom. The molecule has 0 amide bonds. The van der Waals surface area contributed by atoms with Crippen molar-refractivity contribution in [3.63, 3.8) is 0 Å². The van der Waals surface area contributed by atoms with Crippen molar-refractivity contribution in [2.45, 2.75) is 85.5 Å². The summed E-state index contributed by atoms with van der Waals surface area (Å²) in [5.74, 6) is 0. The van der Waals surface area contributed by atoms with E-state index in [0.717, 1.165) is 0 Å². The van der Waals surface area contributed by atoms with Gasteiger partial charge < -0.3 is 0 Å². The zero-order valence-corrected chi connectivity index (χ0v) is 22.1. The zero-order valence-electron chi connectivity index (χ0n) is 22.1. The first-order valence-corrected chi connectivity index (χ1v) is 12.4. The molecule has 0 heteroatoms. The van der Waals surface area contributed by atoms with Crippen molar-refractivity contribution in [2.75, 3.05) is 0 Å². The molecule has 5 rings (SSSR count). The highest BCUT2D eigenvalue weighted by Crippen LogP contribution is 2.45. The first kappa shape index (κ1) is 22.2. The fraction of sp³-hybridized carbons (Fsp3) is 0.394. The topological polar surface area (TPSA) is 0 Å². The van der Waals surface area contributed by atoms with Crippen LogP contribution in [0.5, 0.6) is 0 Å². The van der Waals surface area contributed by atoms with Crippen LogP contribution >= 0.6 is 0 Å². The van der Waals surface area contributed by atoms with Crippen LogP contribution in [0.3, 0.4) is 0 Å². The fourth-order valence-corrected chi connectivity index (χ4v) is 5.33. The van der Waals surface area contributed by atoms with Crippen LogP contribution in [0.4, 0.5) is 0 Å². The predicted octanol–water partition coefficient (Wildman–Crippen LogP) is 9.94. The maximum absolute atomic E-state index is 2.48. The van der Waals surface area contributed by atoms with Crippen molar-refractivity contribution in [1.82, 2.24) is 0 Å². The van der Waals surface area contributed by atoms with Gasteiger partial charge in [-0.05, 0) is 107 Å². The number of fused-ring (bicyclic) bond motifs is 2. The maximum Gasteiger partial charge on any atom is -0.00260 e. The van der Waals surface area contributed by atoms with Gasteiger partial charge in [0.1, 0.15) is 0 Å². The Morgan fingerprint density at radius 2 is 0.697 bits per heavy atom. The lowest BCUT2D eigenvalue weighted by Gasteiger charge is -2.26. The van der Waals surface area contributed by atoms with E-state index >= 15 is 0 Å². The molecular formula is C33H38. The second-order valence-electron chi connectivity index (χ2n) is 13.3. The summed E-state index contributed by atoms with van der Waals surface area (Å²) in [6.07, 6.45) is 0. The highest BCUT2D eigenvalue weighted by Gasteiger charge is 2.24. The lowest BCUT2D eigenvalue weighted by molar-refractivity contribution is 0.590. The Morgan fingerprint density at radius 3 is 1.03 bits per heavy atom. The van der Waals surface area contributed by atoms with Gasteiger partial charge >= 0.3 is 0 Å². The summed E-state index contributed by atoms with van der Waals surface area (Å²) in [5.41, 5.74) is 5.85. The molecule has 0 bridgehead atoms. The van der Waals surface area contributed by atoms with Crippen molar-refractivity contribution < 1.29 is 0 Å². The number of benzene rings is 5. The monoisotopic (exact) mass is 434 g/mol. The average molecular weight is 435 g/mol. The van der Waals surface area contributed by atoms with Gasteiger partial charge in [-0.25, -0.2) is 0 Å². The molecule has 0 aliphatic rings. The Balaban J connectivity index is 2.13. The van der Waals surface area contributed by atoms with Crippen LogP contribution in [0, 0.1) is 6.92 Å². The van der Waals surface area contributed by atoms with Gasteiger partial charge in [-0.15, -0.1) is 0 Å². The highest BCUT2D eigenvalue weighted by atomic mass is 14.3. The molecule has 0 aliphatic carbocycles. The molecule has 0 spiro atoms. The molecular weight excluding hydrogens is 396 g/mol. The van der Waals surface area contributed by atoms with Gasteiger partial charge in [0.25, 0.3) is 0 Å². The van der Waals surface area contributed by atoms with Crippen LogP contribution in [0.1, 0.15) is 84.6 Å². The summed E-state index contributed by atoms with van der Waals surface area (Å²) < 4.78 is 0. The van der Waals surface area contributed by atoms with Crippen LogP contribution < -0.4 is 0 Å². The van der Waals surface area contributed by atoms with Crippen molar-refractivity contribution in [2.24, 2.45) is 0 Å². The minimum Gasteiger partial charge on any atom is -0.0561 e. The maximum atomic E-state index is 2.48. The van der Waals surface area contributed by atoms with Crippen molar-refractivity contribution in [3.05, 3.63) is 70.8 Å². The second-order valence-corrected chi connectivity index (χ2v) is 13.3. The number of hydrogen-bond acceptors (Lipinski definition) is 0. The molecule has 5 aromatic rings. The van der Waals surface area contributed by atoms with Crippen molar-refractivity contribution in [1.29, 1.82) is 0 Å². The van der Waals surface area contributed by atoms with Gasteiger partial charge in [-0.3, -0.25) is 0 Å². The van der Waals surface area contributed by atoms with E-state index in [0.29, 0.717) is 0 Å². The van der Waals surface area contributed by atoms with Gasteiger partial charge in [0.15, 0.2) is 0 Å². The van der Waals surface area contributed by atoms with Gasteiger partial charge in [0.2, 0.25) is 0 Å². The number of hydrogen-bond donors (Lipinski definition) is 0. The zero-order chi connectivity index (χ0) is 24.1. The first-order chi connectivity index (χ1) is 15.1. The lowest BCUT2D eigenvalue weighted by Crippen LogP contribution is -2.13. The molecule has 0 aliphatic heterocycles. The molecule has 0 fully saturated rings. The van der Waals surface area contributed by atoms with Gasteiger partial charge in [0.05, 0.1) is 0 Å². The SMILES string of the molecule is Cc1cc2cc(C(C)(C)C)cc3c4cc(C(C)(C)C)cc5cc(C(C)(C)C)cc(c(c1)c23)c54.